The van der Waals surface area contributed by atoms with E-state index < -0.39 is 17.9 Å². The van der Waals surface area contributed by atoms with Crippen molar-refractivity contribution < 1.29 is 14.4 Å². The molecule has 1 atom stereocenters. The predicted molar refractivity (Wildman–Crippen MR) is 58.4 cm³/mol. The van der Waals surface area contributed by atoms with E-state index in [1.165, 1.54) is 6.42 Å². The van der Waals surface area contributed by atoms with Crippen LogP contribution in [0, 0.1) is 5.92 Å². The summed E-state index contributed by atoms with van der Waals surface area (Å²) in [7, 11) is 0. The maximum Gasteiger partial charge on any atom is 0.284 e. The van der Waals surface area contributed by atoms with Crippen molar-refractivity contribution in [3.05, 3.63) is 0 Å². The first kappa shape index (κ1) is 12.7. The molecule has 0 aromatic heterocycles. The molecule has 0 radical (unpaired) electrons. The Morgan fingerprint density at radius 1 is 1.31 bits per heavy atom. The van der Waals surface area contributed by atoms with Gasteiger partial charge < -0.3 is 11.1 Å². The van der Waals surface area contributed by atoms with Crippen molar-refractivity contribution in [2.45, 2.75) is 44.6 Å². The van der Waals surface area contributed by atoms with Gasteiger partial charge in [-0.15, -0.1) is 0 Å². The highest BCUT2D eigenvalue weighted by molar-refractivity contribution is 6.24. The SMILES string of the molecule is NC(=O)C(CC1CCCCC1)NC(=O)C=O. The molecule has 0 bridgehead atoms. The number of nitrogens with one attached hydrogen (secondary N) is 1. The average molecular weight is 226 g/mol. The number of aldehydes is 1. The Morgan fingerprint density at radius 2 is 1.94 bits per heavy atom. The second-order valence-corrected chi connectivity index (χ2v) is 4.32. The lowest BCUT2D eigenvalue weighted by atomic mass is 9.84. The fourth-order valence-electron chi connectivity index (χ4n) is 2.21. The summed E-state index contributed by atoms with van der Waals surface area (Å²) in [5.41, 5.74) is 5.19. The highest BCUT2D eigenvalue weighted by atomic mass is 16.2. The zero-order valence-corrected chi connectivity index (χ0v) is 9.28. The van der Waals surface area contributed by atoms with E-state index in [0.29, 0.717) is 12.3 Å². The van der Waals surface area contributed by atoms with Gasteiger partial charge in [0, 0.05) is 0 Å². The average Bonchev–Trinajstić information content (AvgIpc) is 2.29. The Hall–Kier alpha value is -1.39. The van der Waals surface area contributed by atoms with Crippen molar-refractivity contribution >= 4 is 18.1 Å². The van der Waals surface area contributed by atoms with E-state index in [2.05, 4.69) is 5.32 Å². The number of amides is 2. The van der Waals surface area contributed by atoms with Crippen molar-refractivity contribution in [2.75, 3.05) is 0 Å². The third-order valence-electron chi connectivity index (χ3n) is 3.06. The Morgan fingerprint density at radius 3 is 2.44 bits per heavy atom. The van der Waals surface area contributed by atoms with Gasteiger partial charge in [0.25, 0.3) is 5.91 Å². The number of nitrogens with two attached hydrogens (primary N) is 1. The van der Waals surface area contributed by atoms with E-state index in [9.17, 15) is 14.4 Å². The molecule has 0 aliphatic heterocycles. The lowest BCUT2D eigenvalue weighted by Crippen LogP contribution is -2.46. The Balaban J connectivity index is 2.46. The van der Waals surface area contributed by atoms with E-state index in [1.54, 1.807) is 0 Å². The van der Waals surface area contributed by atoms with Crippen molar-refractivity contribution in [1.82, 2.24) is 5.32 Å². The van der Waals surface area contributed by atoms with Crippen LogP contribution in [0.25, 0.3) is 0 Å². The summed E-state index contributed by atoms with van der Waals surface area (Å²) in [6.07, 6.45) is 6.42. The molecule has 5 nitrogen and oxygen atoms in total. The number of carbonyl (C=O) groups excluding carboxylic acids is 3. The first-order chi connectivity index (χ1) is 7.63. The number of rotatable bonds is 5. The Kier molecular flexibility index (Phi) is 4.95. The van der Waals surface area contributed by atoms with Crippen LogP contribution < -0.4 is 11.1 Å². The molecule has 1 fully saturated rings. The molecule has 1 unspecified atom stereocenters. The van der Waals surface area contributed by atoms with Crippen LogP contribution in [0.15, 0.2) is 0 Å². The van der Waals surface area contributed by atoms with Crippen LogP contribution in [-0.2, 0) is 14.4 Å². The van der Waals surface area contributed by atoms with Gasteiger partial charge in [-0.25, -0.2) is 0 Å². The van der Waals surface area contributed by atoms with Crippen molar-refractivity contribution in [1.29, 1.82) is 0 Å². The number of primary amides is 1. The number of hydrogen-bond donors (Lipinski definition) is 2. The van der Waals surface area contributed by atoms with Crippen LogP contribution in [0.4, 0.5) is 0 Å². The molecule has 16 heavy (non-hydrogen) atoms. The predicted octanol–water partition coefficient (Wildman–Crippen LogP) is 0.126. The standard InChI is InChI=1S/C11H18N2O3/c12-11(16)9(13-10(15)7-14)6-8-4-2-1-3-5-8/h7-9H,1-6H2,(H2,12,16)(H,13,15). The van der Waals surface area contributed by atoms with Crippen LogP contribution in [-0.4, -0.2) is 24.1 Å². The van der Waals surface area contributed by atoms with Crippen LogP contribution in [0.2, 0.25) is 0 Å². The number of carbonyl (C=O) groups is 3. The summed E-state index contributed by atoms with van der Waals surface area (Å²) in [5, 5.41) is 2.33. The van der Waals surface area contributed by atoms with E-state index in [-0.39, 0.29) is 6.29 Å². The molecule has 0 heterocycles. The van der Waals surface area contributed by atoms with Gasteiger partial charge in [-0.1, -0.05) is 32.1 Å². The second kappa shape index (κ2) is 6.25. The highest BCUT2D eigenvalue weighted by Gasteiger charge is 2.23. The van der Waals surface area contributed by atoms with Gasteiger partial charge in [0.2, 0.25) is 12.2 Å². The molecule has 3 N–H and O–H groups in total. The molecule has 90 valence electrons. The molecule has 1 aliphatic carbocycles. The molecule has 1 rings (SSSR count). The van der Waals surface area contributed by atoms with Crippen molar-refractivity contribution in [2.24, 2.45) is 11.7 Å². The molecule has 5 heteroatoms. The molecule has 0 saturated heterocycles. The lowest BCUT2D eigenvalue weighted by molar-refractivity contribution is -0.133. The molecular formula is C11H18N2O3. The van der Waals surface area contributed by atoms with E-state index >= 15 is 0 Å². The summed E-state index contributed by atoms with van der Waals surface area (Å²) in [6.45, 7) is 0. The van der Waals surface area contributed by atoms with Gasteiger partial charge >= 0.3 is 0 Å². The first-order valence-corrected chi connectivity index (χ1v) is 5.68. The summed E-state index contributed by atoms with van der Waals surface area (Å²) in [4.78, 5) is 32.2. The smallest absolute Gasteiger partial charge is 0.284 e. The quantitative estimate of drug-likeness (QED) is 0.515. The minimum absolute atomic E-state index is 0.164. The van der Waals surface area contributed by atoms with Gasteiger partial charge in [0.05, 0.1) is 0 Å². The van der Waals surface area contributed by atoms with Crippen molar-refractivity contribution in [3.63, 3.8) is 0 Å². The fourth-order valence-corrected chi connectivity index (χ4v) is 2.21. The summed E-state index contributed by atoms with van der Waals surface area (Å²) < 4.78 is 0. The Bertz CT molecular complexity index is 272. The Labute approximate surface area is 94.8 Å². The molecule has 0 aromatic rings. The van der Waals surface area contributed by atoms with Crippen LogP contribution in [0.5, 0.6) is 0 Å². The summed E-state index contributed by atoms with van der Waals surface area (Å²) in [6, 6.07) is -0.708. The third-order valence-corrected chi connectivity index (χ3v) is 3.06. The van der Waals surface area contributed by atoms with E-state index in [4.69, 9.17) is 5.73 Å². The minimum Gasteiger partial charge on any atom is -0.368 e. The normalized spacial score (nSPS) is 18.8. The molecule has 0 spiro atoms. The molecule has 0 aromatic carbocycles. The lowest BCUT2D eigenvalue weighted by Gasteiger charge is -2.25. The topological polar surface area (TPSA) is 89.3 Å². The molecule has 1 aliphatic rings. The van der Waals surface area contributed by atoms with Gasteiger partial charge in [0.1, 0.15) is 6.04 Å². The zero-order valence-electron chi connectivity index (χ0n) is 9.28. The van der Waals surface area contributed by atoms with Gasteiger partial charge in [0.15, 0.2) is 0 Å². The monoisotopic (exact) mass is 226 g/mol. The van der Waals surface area contributed by atoms with Gasteiger partial charge in [-0.3, -0.25) is 14.4 Å². The first-order valence-electron chi connectivity index (χ1n) is 5.68. The van der Waals surface area contributed by atoms with Crippen LogP contribution in [0.3, 0.4) is 0 Å². The van der Waals surface area contributed by atoms with E-state index in [0.717, 1.165) is 25.7 Å². The summed E-state index contributed by atoms with van der Waals surface area (Å²) in [5.74, 6) is -0.918. The molecule has 2 amide bonds. The minimum atomic E-state index is -0.778. The van der Waals surface area contributed by atoms with Gasteiger partial charge in [-0.05, 0) is 12.3 Å². The van der Waals surface area contributed by atoms with Gasteiger partial charge in [-0.2, -0.15) is 0 Å². The maximum atomic E-state index is 11.1. The largest absolute Gasteiger partial charge is 0.368 e. The highest BCUT2D eigenvalue weighted by Crippen LogP contribution is 2.27. The maximum absolute atomic E-state index is 11.1. The van der Waals surface area contributed by atoms with Crippen LogP contribution >= 0.6 is 0 Å². The van der Waals surface area contributed by atoms with Crippen molar-refractivity contribution in [3.8, 4) is 0 Å². The third kappa shape index (κ3) is 4.00. The number of hydrogen-bond acceptors (Lipinski definition) is 3. The second-order valence-electron chi connectivity index (χ2n) is 4.32. The molecular weight excluding hydrogens is 208 g/mol. The van der Waals surface area contributed by atoms with E-state index in [1.807, 2.05) is 0 Å². The fraction of sp³-hybridized carbons (Fsp3) is 0.727. The molecule has 1 saturated carbocycles. The van der Waals surface area contributed by atoms with Crippen LogP contribution in [0.1, 0.15) is 38.5 Å². The zero-order chi connectivity index (χ0) is 12.0. The summed E-state index contributed by atoms with van der Waals surface area (Å²) >= 11 is 0.